The molecule has 25 heavy (non-hydrogen) atoms. The van der Waals surface area contributed by atoms with Crippen LogP contribution in [0.25, 0.3) is 0 Å². The Labute approximate surface area is 148 Å². The van der Waals surface area contributed by atoms with E-state index in [1.807, 2.05) is 0 Å². The van der Waals surface area contributed by atoms with E-state index in [0.717, 1.165) is 18.3 Å². The molecule has 132 valence electrons. The van der Waals surface area contributed by atoms with Gasteiger partial charge in [0.1, 0.15) is 11.6 Å². The Hall–Kier alpha value is -2.72. The highest BCUT2D eigenvalue weighted by Crippen LogP contribution is 2.36. The molecule has 1 aromatic carbocycles. The van der Waals surface area contributed by atoms with Crippen LogP contribution in [0.15, 0.2) is 55.3 Å². The number of nitrogens with one attached hydrogen (secondary N) is 1. The van der Waals surface area contributed by atoms with Crippen LogP contribution < -0.4 is 5.32 Å². The zero-order valence-electron chi connectivity index (χ0n) is 13.1. The van der Waals surface area contributed by atoms with Crippen molar-refractivity contribution in [3.05, 3.63) is 65.9 Å². The van der Waals surface area contributed by atoms with Gasteiger partial charge in [-0.05, 0) is 18.2 Å². The maximum atomic E-state index is 12.8. The van der Waals surface area contributed by atoms with Crippen molar-refractivity contribution >= 4 is 23.2 Å². The lowest BCUT2D eigenvalue weighted by Gasteiger charge is -2.18. The molecule has 4 nitrogen and oxygen atoms in total. The molecule has 0 aliphatic rings. The van der Waals surface area contributed by atoms with Gasteiger partial charge in [0.15, 0.2) is 0 Å². The summed E-state index contributed by atoms with van der Waals surface area (Å²) in [5.74, 6) is -0.597. The van der Waals surface area contributed by atoms with Gasteiger partial charge in [0.25, 0.3) is 5.91 Å². The van der Waals surface area contributed by atoms with Crippen molar-refractivity contribution in [2.45, 2.75) is 6.18 Å². The van der Waals surface area contributed by atoms with E-state index in [0.29, 0.717) is 0 Å². The molecule has 0 aromatic heterocycles. The van der Waals surface area contributed by atoms with Crippen molar-refractivity contribution in [3.63, 3.8) is 0 Å². The standard InChI is InChI=1S/C17H15ClF3N3O/c1-3-7-24(8-4-2)16(25)12(10-22)11-23-13-5-6-15(18)14(9-13)17(19,20)21/h3-6,9,11,23H,1-2,7-8H2/b12-11-. The third-order valence-corrected chi connectivity index (χ3v) is 3.32. The average Bonchev–Trinajstić information content (AvgIpc) is 2.55. The molecular formula is C17H15ClF3N3O. The number of rotatable bonds is 7. The number of carbonyl (C=O) groups is 1. The Morgan fingerprint density at radius 1 is 1.32 bits per heavy atom. The predicted molar refractivity (Wildman–Crippen MR) is 90.7 cm³/mol. The van der Waals surface area contributed by atoms with Crippen molar-refractivity contribution < 1.29 is 18.0 Å². The molecule has 1 N–H and O–H groups in total. The van der Waals surface area contributed by atoms with Crippen molar-refractivity contribution in [3.8, 4) is 6.07 Å². The van der Waals surface area contributed by atoms with Gasteiger partial charge in [-0.3, -0.25) is 4.79 Å². The van der Waals surface area contributed by atoms with Gasteiger partial charge in [0.05, 0.1) is 10.6 Å². The second kappa shape index (κ2) is 8.94. The molecule has 0 spiro atoms. The first-order valence-electron chi connectivity index (χ1n) is 6.99. The summed E-state index contributed by atoms with van der Waals surface area (Å²) in [4.78, 5) is 13.6. The van der Waals surface area contributed by atoms with Crippen molar-refractivity contribution in [1.29, 1.82) is 5.26 Å². The fourth-order valence-corrected chi connectivity index (χ4v) is 2.08. The number of hydrogen-bond acceptors (Lipinski definition) is 3. The molecular weight excluding hydrogens is 355 g/mol. The number of nitrogens with zero attached hydrogens (tertiary/aromatic N) is 2. The summed E-state index contributed by atoms with van der Waals surface area (Å²) in [5, 5.41) is 11.2. The summed E-state index contributed by atoms with van der Waals surface area (Å²) in [6, 6.07) is 4.90. The zero-order valence-corrected chi connectivity index (χ0v) is 13.9. The molecule has 0 radical (unpaired) electrons. The lowest BCUT2D eigenvalue weighted by Crippen LogP contribution is -2.32. The fraction of sp³-hybridized carbons (Fsp3) is 0.176. The second-order valence-electron chi connectivity index (χ2n) is 4.79. The van der Waals surface area contributed by atoms with E-state index in [9.17, 15) is 18.0 Å². The van der Waals surface area contributed by atoms with Crippen LogP contribution in [-0.2, 0) is 11.0 Å². The first kappa shape index (κ1) is 20.3. The van der Waals surface area contributed by atoms with Crippen molar-refractivity contribution in [2.24, 2.45) is 0 Å². The highest BCUT2D eigenvalue weighted by Gasteiger charge is 2.33. The lowest BCUT2D eigenvalue weighted by molar-refractivity contribution is -0.137. The maximum Gasteiger partial charge on any atom is 0.417 e. The van der Waals surface area contributed by atoms with Gasteiger partial charge in [-0.1, -0.05) is 23.8 Å². The second-order valence-corrected chi connectivity index (χ2v) is 5.20. The van der Waals surface area contributed by atoms with E-state index < -0.39 is 22.7 Å². The van der Waals surface area contributed by atoms with Crippen LogP contribution in [0.1, 0.15) is 5.56 Å². The van der Waals surface area contributed by atoms with Gasteiger partial charge in [-0.2, -0.15) is 18.4 Å². The predicted octanol–water partition coefficient (Wildman–Crippen LogP) is 4.38. The van der Waals surface area contributed by atoms with E-state index in [2.05, 4.69) is 18.5 Å². The van der Waals surface area contributed by atoms with Crippen LogP contribution in [0.3, 0.4) is 0 Å². The van der Waals surface area contributed by atoms with E-state index in [1.165, 1.54) is 23.1 Å². The topological polar surface area (TPSA) is 56.1 Å². The van der Waals surface area contributed by atoms with Crippen LogP contribution in [-0.4, -0.2) is 23.9 Å². The van der Waals surface area contributed by atoms with Crippen LogP contribution in [0, 0.1) is 11.3 Å². The van der Waals surface area contributed by atoms with E-state index in [-0.39, 0.29) is 24.4 Å². The molecule has 0 aliphatic heterocycles. The molecule has 0 aliphatic carbocycles. The van der Waals surface area contributed by atoms with Crippen LogP contribution in [0.4, 0.5) is 18.9 Å². The minimum atomic E-state index is -4.61. The zero-order chi connectivity index (χ0) is 19.0. The van der Waals surface area contributed by atoms with E-state index >= 15 is 0 Å². The molecule has 1 rings (SSSR count). The van der Waals surface area contributed by atoms with E-state index in [4.69, 9.17) is 16.9 Å². The Bertz CT molecular complexity index is 726. The Morgan fingerprint density at radius 2 is 1.92 bits per heavy atom. The molecule has 1 amide bonds. The van der Waals surface area contributed by atoms with Crippen molar-refractivity contribution in [2.75, 3.05) is 18.4 Å². The van der Waals surface area contributed by atoms with Gasteiger partial charge < -0.3 is 10.2 Å². The summed E-state index contributed by atoms with van der Waals surface area (Å²) in [6.07, 6.45) is -0.598. The molecule has 0 fully saturated rings. The SMILES string of the molecule is C=CCN(CC=C)C(=O)/C(C#N)=C\Nc1ccc(Cl)c(C(F)(F)F)c1. The maximum absolute atomic E-state index is 12.8. The number of carbonyl (C=O) groups excluding carboxylic acids is 1. The quantitative estimate of drug-likeness (QED) is 0.441. The molecule has 8 heteroatoms. The number of alkyl halides is 3. The highest BCUT2D eigenvalue weighted by molar-refractivity contribution is 6.31. The molecule has 0 atom stereocenters. The summed E-state index contributed by atoms with van der Waals surface area (Å²) in [7, 11) is 0. The fourth-order valence-electron chi connectivity index (χ4n) is 1.85. The Balaban J connectivity index is 3.05. The number of anilines is 1. The molecule has 0 saturated carbocycles. The minimum absolute atomic E-state index is 0.0382. The molecule has 0 bridgehead atoms. The summed E-state index contributed by atoms with van der Waals surface area (Å²) < 4.78 is 38.5. The van der Waals surface area contributed by atoms with Gasteiger partial charge >= 0.3 is 6.18 Å². The minimum Gasteiger partial charge on any atom is -0.360 e. The number of nitriles is 1. The van der Waals surface area contributed by atoms with Gasteiger partial charge in [0, 0.05) is 25.0 Å². The van der Waals surface area contributed by atoms with E-state index in [1.54, 1.807) is 6.07 Å². The lowest BCUT2D eigenvalue weighted by atomic mass is 10.2. The smallest absolute Gasteiger partial charge is 0.360 e. The molecule has 0 unspecified atom stereocenters. The molecule has 1 aromatic rings. The number of halogens is 4. The van der Waals surface area contributed by atoms with Crippen LogP contribution in [0.5, 0.6) is 0 Å². The van der Waals surface area contributed by atoms with Gasteiger partial charge in [-0.15, -0.1) is 13.2 Å². The van der Waals surface area contributed by atoms with Gasteiger partial charge in [-0.25, -0.2) is 0 Å². The van der Waals surface area contributed by atoms with Crippen molar-refractivity contribution in [1.82, 2.24) is 4.90 Å². The Kier molecular flexibility index (Phi) is 7.27. The first-order chi connectivity index (χ1) is 11.7. The highest BCUT2D eigenvalue weighted by atomic mass is 35.5. The van der Waals surface area contributed by atoms with Gasteiger partial charge in [0.2, 0.25) is 0 Å². The Morgan fingerprint density at radius 3 is 2.40 bits per heavy atom. The third kappa shape index (κ3) is 5.69. The normalized spacial score (nSPS) is 11.4. The summed E-state index contributed by atoms with van der Waals surface area (Å²) >= 11 is 5.54. The monoisotopic (exact) mass is 369 g/mol. The number of hydrogen-bond donors (Lipinski definition) is 1. The van der Waals surface area contributed by atoms with Crippen LogP contribution in [0.2, 0.25) is 5.02 Å². The first-order valence-corrected chi connectivity index (χ1v) is 7.37. The third-order valence-electron chi connectivity index (χ3n) is 2.99. The summed E-state index contributed by atoms with van der Waals surface area (Å²) in [6.45, 7) is 7.43. The number of benzene rings is 1. The van der Waals surface area contributed by atoms with Crippen LogP contribution >= 0.6 is 11.6 Å². The molecule has 0 saturated heterocycles. The average molecular weight is 370 g/mol. The summed E-state index contributed by atoms with van der Waals surface area (Å²) in [5.41, 5.74) is -1.25. The largest absolute Gasteiger partial charge is 0.417 e. The number of amides is 1. The molecule has 0 heterocycles.